The zero-order valence-electron chi connectivity index (χ0n) is 14.3. The molecule has 7 heteroatoms. The molecule has 1 fully saturated rings. The van der Waals surface area contributed by atoms with E-state index in [1.54, 1.807) is 4.31 Å². The Kier molecular flexibility index (Phi) is 6.83. The zero-order valence-corrected chi connectivity index (χ0v) is 15.2. The average Bonchev–Trinajstić information content (AvgIpc) is 2.49. The molecule has 1 saturated heterocycles. The van der Waals surface area contributed by atoms with Crippen LogP contribution in [0.25, 0.3) is 0 Å². The number of amides is 1. The lowest BCUT2D eigenvalue weighted by atomic mass is 9.80. The third-order valence-corrected chi connectivity index (χ3v) is 6.50. The van der Waals surface area contributed by atoms with Crippen LogP contribution < -0.4 is 5.73 Å². The first-order valence-corrected chi connectivity index (χ1v) is 10.1. The number of nitrogens with two attached hydrogens (primary N) is 1. The van der Waals surface area contributed by atoms with Crippen LogP contribution in [0.1, 0.15) is 46.5 Å². The molecule has 1 amide bonds. The van der Waals surface area contributed by atoms with Gasteiger partial charge in [-0.1, -0.05) is 20.8 Å². The highest BCUT2D eigenvalue weighted by molar-refractivity contribution is 7.88. The van der Waals surface area contributed by atoms with Gasteiger partial charge in [0.05, 0.1) is 11.7 Å². The molecule has 0 atom stereocenters. The van der Waals surface area contributed by atoms with Crippen LogP contribution in [0.4, 0.5) is 0 Å². The maximum absolute atomic E-state index is 12.8. The standard InChI is InChI=1S/C15H31N3O3S/c1-5-15(6-2,12-16)14(19)17-10-8-13(9-11-17)18(7-3)22(4,20)21/h13H,5-12,16H2,1-4H3. The summed E-state index contributed by atoms with van der Waals surface area (Å²) in [4.78, 5) is 14.6. The number of hydrogen-bond acceptors (Lipinski definition) is 4. The number of likely N-dealkylation sites (tertiary alicyclic amines) is 1. The van der Waals surface area contributed by atoms with Crippen molar-refractivity contribution in [2.75, 3.05) is 32.4 Å². The molecule has 0 spiro atoms. The van der Waals surface area contributed by atoms with Gasteiger partial charge in [-0.3, -0.25) is 4.79 Å². The minimum Gasteiger partial charge on any atom is -0.342 e. The lowest BCUT2D eigenvalue weighted by molar-refractivity contribution is -0.143. The molecule has 0 unspecified atom stereocenters. The molecule has 0 aromatic heterocycles. The van der Waals surface area contributed by atoms with Crippen molar-refractivity contribution >= 4 is 15.9 Å². The summed E-state index contributed by atoms with van der Waals surface area (Å²) in [5.41, 5.74) is 5.39. The smallest absolute Gasteiger partial charge is 0.230 e. The van der Waals surface area contributed by atoms with Gasteiger partial charge in [0.15, 0.2) is 0 Å². The van der Waals surface area contributed by atoms with E-state index in [1.807, 2.05) is 25.7 Å². The van der Waals surface area contributed by atoms with Gasteiger partial charge in [0.2, 0.25) is 15.9 Å². The van der Waals surface area contributed by atoms with Crippen molar-refractivity contribution in [3.05, 3.63) is 0 Å². The summed E-state index contributed by atoms with van der Waals surface area (Å²) in [5, 5.41) is 0. The number of rotatable bonds is 7. The number of nitrogens with zero attached hydrogens (tertiary/aromatic N) is 2. The summed E-state index contributed by atoms with van der Waals surface area (Å²) in [5.74, 6) is 0.126. The second-order valence-electron chi connectivity index (χ2n) is 6.18. The highest BCUT2D eigenvalue weighted by Gasteiger charge is 2.39. The van der Waals surface area contributed by atoms with Crippen molar-refractivity contribution < 1.29 is 13.2 Å². The van der Waals surface area contributed by atoms with Gasteiger partial charge in [0.25, 0.3) is 0 Å². The van der Waals surface area contributed by atoms with Gasteiger partial charge in [0.1, 0.15) is 0 Å². The molecule has 0 aromatic carbocycles. The highest BCUT2D eigenvalue weighted by Crippen LogP contribution is 2.30. The molecule has 1 aliphatic heterocycles. The van der Waals surface area contributed by atoms with E-state index in [-0.39, 0.29) is 11.9 Å². The topological polar surface area (TPSA) is 83.7 Å². The fourth-order valence-electron chi connectivity index (χ4n) is 3.38. The summed E-state index contributed by atoms with van der Waals surface area (Å²) in [6.07, 6.45) is 4.12. The normalized spacial score (nSPS) is 18.0. The van der Waals surface area contributed by atoms with E-state index in [9.17, 15) is 13.2 Å². The maximum atomic E-state index is 12.8. The van der Waals surface area contributed by atoms with Gasteiger partial charge in [-0.05, 0) is 25.7 Å². The first kappa shape index (κ1) is 19.4. The number of hydrogen-bond donors (Lipinski definition) is 1. The van der Waals surface area contributed by atoms with E-state index in [4.69, 9.17) is 5.73 Å². The molecule has 1 rings (SSSR count). The van der Waals surface area contributed by atoms with Crippen molar-refractivity contribution in [3.8, 4) is 0 Å². The Balaban J connectivity index is 2.75. The third-order valence-electron chi connectivity index (χ3n) is 5.09. The largest absolute Gasteiger partial charge is 0.342 e. The molecule has 1 heterocycles. The first-order valence-electron chi connectivity index (χ1n) is 8.22. The lowest BCUT2D eigenvalue weighted by Gasteiger charge is -2.41. The third kappa shape index (κ3) is 4.00. The van der Waals surface area contributed by atoms with Crippen molar-refractivity contribution in [1.29, 1.82) is 0 Å². The minimum absolute atomic E-state index is 0.000389. The fourth-order valence-corrected chi connectivity index (χ4v) is 4.61. The number of sulfonamides is 1. The second kappa shape index (κ2) is 7.75. The SMILES string of the molecule is CCN(C1CCN(C(=O)C(CC)(CC)CN)CC1)S(C)(=O)=O. The van der Waals surface area contributed by atoms with Gasteiger partial charge >= 0.3 is 0 Å². The monoisotopic (exact) mass is 333 g/mol. The molecule has 22 heavy (non-hydrogen) atoms. The van der Waals surface area contributed by atoms with Gasteiger partial charge in [-0.25, -0.2) is 8.42 Å². The summed E-state index contributed by atoms with van der Waals surface area (Å²) < 4.78 is 25.2. The van der Waals surface area contributed by atoms with Crippen molar-refractivity contribution in [1.82, 2.24) is 9.21 Å². The van der Waals surface area contributed by atoms with Crippen LogP contribution >= 0.6 is 0 Å². The second-order valence-corrected chi connectivity index (χ2v) is 8.12. The summed E-state index contributed by atoms with van der Waals surface area (Å²) in [6, 6.07) is -0.000389. The molecule has 0 saturated carbocycles. The predicted molar refractivity (Wildman–Crippen MR) is 88.9 cm³/mol. The molecular weight excluding hydrogens is 302 g/mol. The Hall–Kier alpha value is -0.660. The van der Waals surface area contributed by atoms with Crippen LogP contribution in [-0.2, 0) is 14.8 Å². The minimum atomic E-state index is -3.18. The molecule has 2 N–H and O–H groups in total. The van der Waals surface area contributed by atoms with Crippen LogP contribution in [0.3, 0.4) is 0 Å². The summed E-state index contributed by atoms with van der Waals surface area (Å²) in [7, 11) is -3.18. The summed E-state index contributed by atoms with van der Waals surface area (Å²) in [6.45, 7) is 7.92. The molecule has 1 aliphatic rings. The first-order chi connectivity index (χ1) is 10.3. The van der Waals surface area contributed by atoms with E-state index in [0.717, 1.165) is 12.8 Å². The van der Waals surface area contributed by atoms with Gasteiger partial charge in [0, 0.05) is 32.2 Å². The van der Waals surface area contributed by atoms with Crippen LogP contribution in [-0.4, -0.2) is 62.0 Å². The Morgan fingerprint density at radius 1 is 1.23 bits per heavy atom. The van der Waals surface area contributed by atoms with Crippen molar-refractivity contribution in [3.63, 3.8) is 0 Å². The van der Waals surface area contributed by atoms with Gasteiger partial charge < -0.3 is 10.6 Å². The van der Waals surface area contributed by atoms with E-state index < -0.39 is 15.4 Å². The number of carbonyl (C=O) groups excluding carboxylic acids is 1. The molecule has 130 valence electrons. The highest BCUT2D eigenvalue weighted by atomic mass is 32.2. The lowest BCUT2D eigenvalue weighted by Crippen LogP contribution is -2.53. The van der Waals surface area contributed by atoms with E-state index in [2.05, 4.69) is 0 Å². The molecule has 0 radical (unpaired) electrons. The van der Waals surface area contributed by atoms with Gasteiger partial charge in [-0.2, -0.15) is 4.31 Å². The number of carbonyl (C=O) groups is 1. The Morgan fingerprint density at radius 3 is 2.05 bits per heavy atom. The Morgan fingerprint density at radius 2 is 1.73 bits per heavy atom. The van der Waals surface area contributed by atoms with E-state index in [0.29, 0.717) is 39.0 Å². The van der Waals surface area contributed by atoms with E-state index >= 15 is 0 Å². The van der Waals surface area contributed by atoms with Gasteiger partial charge in [-0.15, -0.1) is 0 Å². The number of piperidine rings is 1. The average molecular weight is 333 g/mol. The molecule has 0 aromatic rings. The summed E-state index contributed by atoms with van der Waals surface area (Å²) >= 11 is 0. The van der Waals surface area contributed by atoms with Crippen LogP contribution in [0.5, 0.6) is 0 Å². The van der Waals surface area contributed by atoms with Crippen LogP contribution in [0, 0.1) is 5.41 Å². The van der Waals surface area contributed by atoms with Crippen LogP contribution in [0.2, 0.25) is 0 Å². The van der Waals surface area contributed by atoms with E-state index in [1.165, 1.54) is 6.26 Å². The fraction of sp³-hybridized carbons (Fsp3) is 0.933. The molecule has 0 bridgehead atoms. The molecule has 6 nitrogen and oxygen atoms in total. The Labute approximate surface area is 135 Å². The quantitative estimate of drug-likeness (QED) is 0.754. The maximum Gasteiger partial charge on any atom is 0.230 e. The Bertz CT molecular complexity index is 458. The van der Waals surface area contributed by atoms with Crippen LogP contribution in [0.15, 0.2) is 0 Å². The van der Waals surface area contributed by atoms with Crippen molar-refractivity contribution in [2.24, 2.45) is 11.1 Å². The van der Waals surface area contributed by atoms with Crippen molar-refractivity contribution in [2.45, 2.75) is 52.5 Å². The predicted octanol–water partition coefficient (Wildman–Crippen LogP) is 1.02. The molecule has 0 aliphatic carbocycles. The zero-order chi connectivity index (χ0) is 17.0. The molecular formula is C15H31N3O3S.